The number of hydrogen-bond donors (Lipinski definition) is 1. The topological polar surface area (TPSA) is 56.7 Å². The van der Waals surface area contributed by atoms with Crippen molar-refractivity contribution < 1.29 is 0 Å². The first-order chi connectivity index (χ1) is 10.2. The average Bonchev–Trinajstić information content (AvgIpc) is 2.91. The Hall–Kier alpha value is -2.59. The molecule has 0 radical (unpaired) electrons. The zero-order chi connectivity index (χ0) is 14.4. The van der Waals surface area contributed by atoms with E-state index in [0.29, 0.717) is 10.7 Å². The fourth-order valence-electron chi connectivity index (χ4n) is 2.54. The Bertz CT molecular complexity index is 975. The quantitative estimate of drug-likeness (QED) is 0.543. The van der Waals surface area contributed by atoms with Gasteiger partial charge in [-0.1, -0.05) is 11.6 Å². The monoisotopic (exact) mass is 294 g/mol. The molecule has 0 atom stereocenters. The summed E-state index contributed by atoms with van der Waals surface area (Å²) in [5.41, 5.74) is 10.1. The number of pyridine rings is 1. The van der Waals surface area contributed by atoms with Crippen molar-refractivity contribution in [1.29, 1.82) is 0 Å². The summed E-state index contributed by atoms with van der Waals surface area (Å²) in [7, 11) is 0. The second kappa shape index (κ2) is 4.46. The van der Waals surface area contributed by atoms with Crippen LogP contribution in [0.15, 0.2) is 55.0 Å². The molecule has 0 saturated carbocycles. The predicted octanol–water partition coefficient (Wildman–Crippen LogP) is 3.81. The average molecular weight is 295 g/mol. The van der Waals surface area contributed by atoms with Crippen molar-refractivity contribution in [3.63, 3.8) is 0 Å². The molecule has 2 aromatic heterocycles. The number of nitrogen functional groups attached to an aromatic ring is 1. The van der Waals surface area contributed by atoms with Crippen molar-refractivity contribution >= 4 is 39.2 Å². The number of hydrogen-bond acceptors (Lipinski definition) is 3. The van der Waals surface area contributed by atoms with Gasteiger partial charge in [-0.05, 0) is 42.5 Å². The van der Waals surface area contributed by atoms with E-state index in [1.54, 1.807) is 12.5 Å². The summed E-state index contributed by atoms with van der Waals surface area (Å²) in [6.45, 7) is 0. The minimum absolute atomic E-state index is 0.690. The SMILES string of the molecule is Nc1ccc2c(c1)ncn2-c1ccc(Cl)c2cccnc12. The van der Waals surface area contributed by atoms with E-state index < -0.39 is 0 Å². The molecule has 0 spiro atoms. The molecule has 0 aliphatic carbocycles. The first-order valence-electron chi connectivity index (χ1n) is 6.50. The zero-order valence-electron chi connectivity index (χ0n) is 11.0. The molecule has 0 aliphatic rings. The molecular weight excluding hydrogens is 284 g/mol. The van der Waals surface area contributed by atoms with E-state index in [4.69, 9.17) is 17.3 Å². The standard InChI is InChI=1S/C16H11ClN4/c17-12-4-6-15(16-11(12)2-1-7-19-16)21-9-20-13-8-10(18)3-5-14(13)21/h1-9H,18H2. The van der Waals surface area contributed by atoms with Gasteiger partial charge in [-0.15, -0.1) is 0 Å². The number of nitrogens with zero attached hydrogens (tertiary/aromatic N) is 3. The Labute approximate surface area is 125 Å². The molecular formula is C16H11ClN4. The van der Waals surface area contributed by atoms with Crippen LogP contribution in [-0.4, -0.2) is 14.5 Å². The van der Waals surface area contributed by atoms with E-state index in [1.165, 1.54) is 0 Å². The van der Waals surface area contributed by atoms with Crippen LogP contribution in [0.1, 0.15) is 0 Å². The van der Waals surface area contributed by atoms with Crippen LogP contribution in [0.4, 0.5) is 5.69 Å². The van der Waals surface area contributed by atoms with Gasteiger partial charge >= 0.3 is 0 Å². The lowest BCUT2D eigenvalue weighted by atomic mass is 10.2. The Kier molecular flexibility index (Phi) is 2.59. The molecule has 0 saturated heterocycles. The number of nitrogens with two attached hydrogens (primary N) is 1. The van der Waals surface area contributed by atoms with Gasteiger partial charge in [0.15, 0.2) is 0 Å². The van der Waals surface area contributed by atoms with Crippen molar-refractivity contribution in [2.24, 2.45) is 0 Å². The molecule has 5 heteroatoms. The van der Waals surface area contributed by atoms with Crippen LogP contribution >= 0.6 is 11.6 Å². The number of imidazole rings is 1. The van der Waals surface area contributed by atoms with Gasteiger partial charge in [0, 0.05) is 17.3 Å². The third-order valence-corrected chi connectivity index (χ3v) is 3.86. The van der Waals surface area contributed by atoms with Gasteiger partial charge in [0.1, 0.15) is 6.33 Å². The second-order valence-electron chi connectivity index (χ2n) is 4.83. The lowest BCUT2D eigenvalue weighted by molar-refractivity contribution is 1.10. The van der Waals surface area contributed by atoms with Crippen molar-refractivity contribution in [2.75, 3.05) is 5.73 Å². The maximum atomic E-state index is 6.25. The minimum atomic E-state index is 0.690. The Morgan fingerprint density at radius 2 is 1.95 bits per heavy atom. The number of anilines is 1. The van der Waals surface area contributed by atoms with Crippen molar-refractivity contribution in [3.8, 4) is 5.69 Å². The molecule has 102 valence electrons. The van der Waals surface area contributed by atoms with Gasteiger partial charge < -0.3 is 5.73 Å². The number of aromatic nitrogens is 3. The van der Waals surface area contributed by atoms with Crippen LogP contribution in [0.2, 0.25) is 5.02 Å². The maximum Gasteiger partial charge on any atom is 0.100 e. The van der Waals surface area contributed by atoms with Gasteiger partial charge in [-0.3, -0.25) is 9.55 Å². The van der Waals surface area contributed by atoms with Crippen molar-refractivity contribution in [1.82, 2.24) is 14.5 Å². The molecule has 4 rings (SSSR count). The van der Waals surface area contributed by atoms with E-state index in [-0.39, 0.29) is 0 Å². The molecule has 2 aromatic carbocycles. The van der Waals surface area contributed by atoms with Gasteiger partial charge in [0.25, 0.3) is 0 Å². The number of benzene rings is 2. The number of fused-ring (bicyclic) bond motifs is 2. The fraction of sp³-hybridized carbons (Fsp3) is 0. The molecule has 2 N–H and O–H groups in total. The largest absolute Gasteiger partial charge is 0.399 e. The summed E-state index contributed by atoms with van der Waals surface area (Å²) in [5, 5.41) is 1.62. The van der Waals surface area contributed by atoms with E-state index >= 15 is 0 Å². The van der Waals surface area contributed by atoms with Crippen LogP contribution in [0.5, 0.6) is 0 Å². The molecule has 0 amide bonds. The Morgan fingerprint density at radius 3 is 2.86 bits per heavy atom. The van der Waals surface area contributed by atoms with Crippen LogP contribution in [-0.2, 0) is 0 Å². The molecule has 21 heavy (non-hydrogen) atoms. The zero-order valence-corrected chi connectivity index (χ0v) is 11.7. The van der Waals surface area contributed by atoms with Crippen molar-refractivity contribution in [2.45, 2.75) is 0 Å². The van der Waals surface area contributed by atoms with Gasteiger partial charge in [-0.25, -0.2) is 4.98 Å². The van der Waals surface area contributed by atoms with Crippen LogP contribution in [0.3, 0.4) is 0 Å². The summed E-state index contributed by atoms with van der Waals surface area (Å²) in [6.07, 6.45) is 3.54. The highest BCUT2D eigenvalue weighted by molar-refractivity contribution is 6.35. The maximum absolute atomic E-state index is 6.25. The third kappa shape index (κ3) is 1.84. The lowest BCUT2D eigenvalue weighted by Gasteiger charge is -2.09. The van der Waals surface area contributed by atoms with E-state index in [9.17, 15) is 0 Å². The summed E-state index contributed by atoms with van der Waals surface area (Å²) in [4.78, 5) is 8.87. The van der Waals surface area contributed by atoms with Crippen LogP contribution in [0, 0.1) is 0 Å². The van der Waals surface area contributed by atoms with Crippen molar-refractivity contribution in [3.05, 3.63) is 60.0 Å². The second-order valence-corrected chi connectivity index (χ2v) is 5.24. The first kappa shape index (κ1) is 12.2. The van der Waals surface area contributed by atoms with Crippen LogP contribution < -0.4 is 5.73 Å². The fourth-order valence-corrected chi connectivity index (χ4v) is 2.75. The molecule has 0 unspecified atom stereocenters. The van der Waals surface area contributed by atoms with E-state index in [0.717, 1.165) is 27.6 Å². The Balaban J connectivity index is 2.07. The van der Waals surface area contributed by atoms with Gasteiger partial charge in [0.05, 0.1) is 27.3 Å². The molecule has 0 fully saturated rings. The normalized spacial score (nSPS) is 11.3. The highest BCUT2D eigenvalue weighted by Gasteiger charge is 2.10. The van der Waals surface area contributed by atoms with Gasteiger partial charge in [-0.2, -0.15) is 0 Å². The Morgan fingerprint density at radius 1 is 1.05 bits per heavy atom. The third-order valence-electron chi connectivity index (χ3n) is 3.53. The summed E-state index contributed by atoms with van der Waals surface area (Å²) >= 11 is 6.25. The van der Waals surface area contributed by atoms with Gasteiger partial charge in [0.2, 0.25) is 0 Å². The summed E-state index contributed by atoms with van der Waals surface area (Å²) in [5.74, 6) is 0. The van der Waals surface area contributed by atoms with Crippen LogP contribution in [0.25, 0.3) is 27.6 Å². The first-order valence-corrected chi connectivity index (χ1v) is 6.88. The molecule has 2 heterocycles. The van der Waals surface area contributed by atoms with E-state index in [2.05, 4.69) is 9.97 Å². The molecule has 0 bridgehead atoms. The number of halogens is 1. The lowest BCUT2D eigenvalue weighted by Crippen LogP contribution is -1.95. The number of rotatable bonds is 1. The van der Waals surface area contributed by atoms with E-state index in [1.807, 2.05) is 47.0 Å². The smallest absolute Gasteiger partial charge is 0.100 e. The minimum Gasteiger partial charge on any atom is -0.399 e. The molecule has 4 aromatic rings. The molecule has 0 aliphatic heterocycles. The highest BCUT2D eigenvalue weighted by atomic mass is 35.5. The highest BCUT2D eigenvalue weighted by Crippen LogP contribution is 2.29. The summed E-state index contributed by atoms with van der Waals surface area (Å²) in [6, 6.07) is 13.4. The molecule has 4 nitrogen and oxygen atoms in total. The summed E-state index contributed by atoms with van der Waals surface area (Å²) < 4.78 is 2.00. The predicted molar refractivity (Wildman–Crippen MR) is 85.8 cm³/mol.